The third-order valence-electron chi connectivity index (χ3n) is 10.2. The summed E-state index contributed by atoms with van der Waals surface area (Å²) in [6, 6.07) is 12.5. The van der Waals surface area contributed by atoms with Crippen molar-refractivity contribution < 1.29 is 19.1 Å². The number of nitrogens with zero attached hydrogens (tertiary/aromatic N) is 3. The van der Waals surface area contributed by atoms with Crippen molar-refractivity contribution in [2.45, 2.75) is 76.2 Å². The number of morpholine rings is 1. The molecule has 0 amide bonds. The molecule has 0 spiro atoms. The molecule has 0 radical (unpaired) electrons. The molecule has 2 unspecified atom stereocenters. The monoisotopic (exact) mass is 619 g/mol. The number of thiazole rings is 1. The van der Waals surface area contributed by atoms with Gasteiger partial charge in [-0.15, -0.1) is 11.3 Å². The largest absolute Gasteiger partial charge is 0.382 e. The van der Waals surface area contributed by atoms with Crippen LogP contribution in [-0.4, -0.2) is 52.6 Å². The third-order valence-corrected chi connectivity index (χ3v) is 11.7. The lowest BCUT2D eigenvalue weighted by molar-refractivity contribution is -0.116. The van der Waals surface area contributed by atoms with Crippen LogP contribution in [0.5, 0.6) is 0 Å². The van der Waals surface area contributed by atoms with Crippen molar-refractivity contribution in [1.29, 1.82) is 0 Å². The summed E-state index contributed by atoms with van der Waals surface area (Å²) in [5, 5.41) is 18.3. The highest BCUT2D eigenvalue weighted by molar-refractivity contribution is 7.18. The predicted octanol–water partition coefficient (Wildman–Crippen LogP) is 7.22. The van der Waals surface area contributed by atoms with Crippen LogP contribution in [0.1, 0.15) is 71.9 Å². The van der Waals surface area contributed by atoms with E-state index in [4.69, 9.17) is 30.6 Å². The van der Waals surface area contributed by atoms with Crippen molar-refractivity contribution in [2.75, 3.05) is 26.3 Å². The molecular weight excluding hydrogens is 582 g/mol. The Labute approximate surface area is 261 Å². The summed E-state index contributed by atoms with van der Waals surface area (Å²) in [6.07, 6.45) is 6.00. The number of rotatable bonds is 8. The van der Waals surface area contributed by atoms with Crippen LogP contribution in [0.3, 0.4) is 0 Å². The Morgan fingerprint density at radius 2 is 1.88 bits per heavy atom. The molecule has 3 saturated carbocycles. The van der Waals surface area contributed by atoms with Crippen LogP contribution in [0.15, 0.2) is 40.9 Å². The van der Waals surface area contributed by atoms with Gasteiger partial charge in [0.1, 0.15) is 22.1 Å². The lowest BCUT2D eigenvalue weighted by Gasteiger charge is -2.41. The number of hydrogen-bond donors (Lipinski definition) is 1. The van der Waals surface area contributed by atoms with E-state index in [0.29, 0.717) is 17.5 Å². The fraction of sp³-hybridized carbons (Fsp3) is 0.529. The van der Waals surface area contributed by atoms with Gasteiger partial charge >= 0.3 is 0 Å². The zero-order valence-electron chi connectivity index (χ0n) is 24.6. The second kappa shape index (κ2) is 11.2. The molecule has 4 atom stereocenters. The maximum Gasteiger partial charge on any atom is 0.145 e. The van der Waals surface area contributed by atoms with Gasteiger partial charge < -0.3 is 19.1 Å². The molecule has 1 aliphatic heterocycles. The second-order valence-corrected chi connectivity index (χ2v) is 14.4. The second-order valence-electron chi connectivity index (χ2n) is 13.0. The Kier molecular flexibility index (Phi) is 7.36. The van der Waals surface area contributed by atoms with Gasteiger partial charge in [-0.05, 0) is 86.6 Å². The number of fused-ring (bicyclic) bond motifs is 3. The van der Waals surface area contributed by atoms with Crippen molar-refractivity contribution in [3.8, 4) is 11.3 Å². The fourth-order valence-electron chi connectivity index (χ4n) is 7.70. The van der Waals surface area contributed by atoms with E-state index in [1.807, 2.05) is 12.1 Å². The van der Waals surface area contributed by atoms with Crippen molar-refractivity contribution in [1.82, 2.24) is 15.0 Å². The van der Waals surface area contributed by atoms with Crippen LogP contribution < -0.4 is 0 Å². The number of hydrogen-bond acceptors (Lipinski definition) is 8. The molecule has 226 valence electrons. The van der Waals surface area contributed by atoms with Crippen LogP contribution in [0.25, 0.3) is 21.5 Å². The number of aryl methyl sites for hydroxylation is 1. The first-order chi connectivity index (χ1) is 21.0. The van der Waals surface area contributed by atoms with Crippen molar-refractivity contribution in [3.05, 3.63) is 68.9 Å². The highest BCUT2D eigenvalue weighted by Crippen LogP contribution is 2.57. The van der Waals surface area contributed by atoms with Crippen molar-refractivity contribution in [2.24, 2.45) is 11.8 Å². The molecule has 4 aromatic rings. The average Bonchev–Trinajstić information content (AvgIpc) is 3.59. The zero-order chi connectivity index (χ0) is 29.1. The number of benzene rings is 2. The quantitative estimate of drug-likeness (QED) is 0.223. The van der Waals surface area contributed by atoms with Gasteiger partial charge in [-0.2, -0.15) is 0 Å². The molecule has 4 fully saturated rings. The molecule has 8 rings (SSSR count). The van der Waals surface area contributed by atoms with Gasteiger partial charge in [0, 0.05) is 36.7 Å². The maximum atomic E-state index is 12.3. The fourth-order valence-corrected chi connectivity index (χ4v) is 9.29. The van der Waals surface area contributed by atoms with E-state index < -0.39 is 5.60 Å². The molecular formula is C34H38ClN3O4S. The standard InChI is InChI=1S/C34H38ClN3O4S/c1-20-3-2-4-27(35)30(20)31-26(32(42-37-31)22-6-7-22)19-41-25-16-23-8-9-24(17-25)34(23,39)33-36-28-10-5-21(15-29(28)43-33)18-38-11-13-40-14-12-38/h2-5,10,15,22-25,39H,6-9,11-14,16-19H2,1H3/t23-,24+,25?,34?. The number of halogens is 1. The normalized spacial score (nSPS) is 27.7. The lowest BCUT2D eigenvalue weighted by Crippen LogP contribution is -2.44. The molecule has 7 nitrogen and oxygen atoms in total. The molecule has 3 heterocycles. The Hall–Kier alpha value is -2.33. The zero-order valence-corrected chi connectivity index (χ0v) is 26.1. The molecule has 1 saturated heterocycles. The van der Waals surface area contributed by atoms with E-state index in [0.717, 1.165) is 115 Å². The van der Waals surface area contributed by atoms with Gasteiger partial charge in [-0.1, -0.05) is 35.0 Å². The Morgan fingerprint density at radius 1 is 1.09 bits per heavy atom. The Balaban J connectivity index is 0.996. The molecule has 2 bridgehead atoms. The van der Waals surface area contributed by atoms with Gasteiger partial charge in [-0.25, -0.2) is 4.98 Å². The molecule has 2 aromatic carbocycles. The van der Waals surface area contributed by atoms with E-state index >= 15 is 0 Å². The summed E-state index contributed by atoms with van der Waals surface area (Å²) >= 11 is 8.32. The number of aliphatic hydroxyl groups is 1. The Morgan fingerprint density at radius 3 is 2.63 bits per heavy atom. The predicted molar refractivity (Wildman–Crippen MR) is 167 cm³/mol. The van der Waals surface area contributed by atoms with E-state index in [1.165, 1.54) is 5.56 Å². The third kappa shape index (κ3) is 5.14. The molecule has 43 heavy (non-hydrogen) atoms. The van der Waals surface area contributed by atoms with Crippen LogP contribution in [-0.2, 0) is 28.2 Å². The minimum Gasteiger partial charge on any atom is -0.382 e. The van der Waals surface area contributed by atoms with E-state index in [-0.39, 0.29) is 17.9 Å². The Bertz CT molecular complexity index is 1610. The molecule has 4 aliphatic rings. The van der Waals surface area contributed by atoms with Crippen LogP contribution >= 0.6 is 22.9 Å². The van der Waals surface area contributed by atoms with Gasteiger partial charge in [0.05, 0.1) is 41.2 Å². The van der Waals surface area contributed by atoms with E-state index in [1.54, 1.807) is 11.3 Å². The first-order valence-corrected chi connectivity index (χ1v) is 16.9. The molecule has 2 aromatic heterocycles. The summed E-state index contributed by atoms with van der Waals surface area (Å²) < 4.78 is 19.2. The first kappa shape index (κ1) is 28.2. The van der Waals surface area contributed by atoms with E-state index in [9.17, 15) is 5.11 Å². The molecule has 1 N–H and O–H groups in total. The summed E-state index contributed by atoms with van der Waals surface area (Å²) in [7, 11) is 0. The minimum absolute atomic E-state index is 0.0782. The smallest absolute Gasteiger partial charge is 0.145 e. The minimum atomic E-state index is -0.885. The van der Waals surface area contributed by atoms with Crippen LogP contribution in [0, 0.1) is 18.8 Å². The summed E-state index contributed by atoms with van der Waals surface area (Å²) in [5.74, 6) is 1.65. The average molecular weight is 620 g/mol. The lowest BCUT2D eigenvalue weighted by atomic mass is 9.73. The summed E-state index contributed by atoms with van der Waals surface area (Å²) in [4.78, 5) is 7.45. The topological polar surface area (TPSA) is 80.9 Å². The van der Waals surface area contributed by atoms with Gasteiger partial charge in [0.15, 0.2) is 0 Å². The van der Waals surface area contributed by atoms with Crippen molar-refractivity contribution >= 4 is 33.2 Å². The highest BCUT2D eigenvalue weighted by atomic mass is 35.5. The van der Waals surface area contributed by atoms with Crippen molar-refractivity contribution in [3.63, 3.8) is 0 Å². The number of ether oxygens (including phenoxy) is 2. The first-order valence-electron chi connectivity index (χ1n) is 15.7. The van der Waals surface area contributed by atoms with Gasteiger partial charge in [-0.3, -0.25) is 4.90 Å². The summed E-state index contributed by atoms with van der Waals surface area (Å²) in [6.45, 7) is 6.98. The van der Waals surface area contributed by atoms with Gasteiger partial charge in [0.2, 0.25) is 0 Å². The number of aromatic nitrogens is 2. The molecule has 9 heteroatoms. The van der Waals surface area contributed by atoms with E-state index in [2.05, 4.69) is 41.2 Å². The van der Waals surface area contributed by atoms with Gasteiger partial charge in [0.25, 0.3) is 0 Å². The molecule has 3 aliphatic carbocycles. The SMILES string of the molecule is Cc1cccc(Cl)c1-c1noc(C2CC2)c1COC1C[C@H]2CC[C@@H](C1)C2(O)c1nc2ccc(CN3CCOCC3)cc2s1. The maximum absolute atomic E-state index is 12.3. The van der Waals surface area contributed by atoms with Crippen LogP contribution in [0.4, 0.5) is 0 Å². The summed E-state index contributed by atoms with van der Waals surface area (Å²) in [5.41, 5.74) is 5.24. The van der Waals surface area contributed by atoms with Crippen LogP contribution in [0.2, 0.25) is 5.02 Å². The highest BCUT2D eigenvalue weighted by Gasteiger charge is 2.56.